The molecule has 6 heteroatoms. The predicted molar refractivity (Wildman–Crippen MR) is 103 cm³/mol. The van der Waals surface area contributed by atoms with Gasteiger partial charge in [-0.1, -0.05) is 42.5 Å². The summed E-state index contributed by atoms with van der Waals surface area (Å²) in [4.78, 5) is -0.336. The van der Waals surface area contributed by atoms with Crippen molar-refractivity contribution in [1.82, 2.24) is 0 Å². The molecular weight excluding hydrogens is 350 g/mol. The summed E-state index contributed by atoms with van der Waals surface area (Å²) in [6.45, 7) is 0. The van der Waals surface area contributed by atoms with Crippen molar-refractivity contribution in [3.63, 3.8) is 0 Å². The summed E-state index contributed by atoms with van der Waals surface area (Å²) in [7, 11) is -4.38. The van der Waals surface area contributed by atoms with Crippen LogP contribution < -0.4 is 5.32 Å². The first kappa shape index (κ1) is 16.4. The van der Waals surface area contributed by atoms with Crippen LogP contribution in [0.4, 0.5) is 11.4 Å². The molecule has 0 fully saturated rings. The molecule has 0 spiro atoms. The highest BCUT2D eigenvalue weighted by atomic mass is 32.2. The maximum atomic E-state index is 11.3. The minimum atomic E-state index is -4.38. The number of nitrogens with one attached hydrogen (secondary N) is 1. The molecule has 0 atom stereocenters. The number of phenols is 1. The van der Waals surface area contributed by atoms with Crippen molar-refractivity contribution in [3.8, 4) is 5.75 Å². The fraction of sp³-hybridized carbons (Fsp3) is 0. The zero-order valence-electron chi connectivity index (χ0n) is 13.5. The zero-order valence-corrected chi connectivity index (χ0v) is 14.4. The quantitative estimate of drug-likeness (QED) is 0.459. The standard InChI is InChI=1S/C20H15NO4S/c22-20-12-16(26(23,24)25)10-14-8-9-15(11-18(14)20)21-19-7-3-5-13-4-1-2-6-17(13)19/h1-12,21-22H,(H,23,24,25). The van der Waals surface area contributed by atoms with Crippen molar-refractivity contribution in [2.45, 2.75) is 4.90 Å². The van der Waals surface area contributed by atoms with E-state index >= 15 is 0 Å². The molecule has 26 heavy (non-hydrogen) atoms. The van der Waals surface area contributed by atoms with Crippen LogP contribution in [0.15, 0.2) is 77.7 Å². The third-order valence-corrected chi connectivity index (χ3v) is 5.10. The summed E-state index contributed by atoms with van der Waals surface area (Å²) in [5, 5.41) is 16.7. The summed E-state index contributed by atoms with van der Waals surface area (Å²) < 4.78 is 31.8. The molecule has 0 aliphatic rings. The van der Waals surface area contributed by atoms with Gasteiger partial charge in [-0.15, -0.1) is 0 Å². The van der Waals surface area contributed by atoms with Gasteiger partial charge < -0.3 is 10.4 Å². The first-order valence-corrected chi connectivity index (χ1v) is 9.35. The van der Waals surface area contributed by atoms with Crippen LogP contribution in [0.3, 0.4) is 0 Å². The van der Waals surface area contributed by atoms with Gasteiger partial charge in [0.15, 0.2) is 0 Å². The van der Waals surface area contributed by atoms with E-state index in [0.717, 1.165) is 28.2 Å². The number of rotatable bonds is 3. The first-order valence-electron chi connectivity index (χ1n) is 7.91. The molecule has 0 bridgehead atoms. The molecule has 0 amide bonds. The Kier molecular flexibility index (Phi) is 3.79. The fourth-order valence-electron chi connectivity index (χ4n) is 3.03. The second kappa shape index (κ2) is 6.01. The van der Waals surface area contributed by atoms with E-state index in [2.05, 4.69) is 5.32 Å². The van der Waals surface area contributed by atoms with Gasteiger partial charge >= 0.3 is 0 Å². The normalized spacial score (nSPS) is 11.7. The van der Waals surface area contributed by atoms with E-state index in [4.69, 9.17) is 0 Å². The molecule has 0 heterocycles. The van der Waals surface area contributed by atoms with Crippen LogP contribution in [0.5, 0.6) is 5.75 Å². The Labute approximate surface area is 150 Å². The van der Waals surface area contributed by atoms with Crippen LogP contribution in [0.25, 0.3) is 21.5 Å². The SMILES string of the molecule is O=S(=O)(O)c1cc(O)c2cc(Nc3cccc4ccccc34)ccc2c1. The van der Waals surface area contributed by atoms with Crippen LogP contribution in [0.2, 0.25) is 0 Å². The van der Waals surface area contributed by atoms with Crippen LogP contribution in [-0.4, -0.2) is 18.1 Å². The number of hydrogen-bond donors (Lipinski definition) is 3. The number of fused-ring (bicyclic) bond motifs is 2. The maximum absolute atomic E-state index is 11.3. The molecule has 0 aliphatic carbocycles. The molecule has 3 N–H and O–H groups in total. The van der Waals surface area contributed by atoms with Gasteiger partial charge in [-0.3, -0.25) is 4.55 Å². The predicted octanol–water partition coefficient (Wildman–Crippen LogP) is 4.69. The molecule has 0 saturated heterocycles. The van der Waals surface area contributed by atoms with E-state index in [-0.39, 0.29) is 10.6 Å². The van der Waals surface area contributed by atoms with E-state index < -0.39 is 10.1 Å². The monoisotopic (exact) mass is 365 g/mol. The molecule has 0 radical (unpaired) electrons. The lowest BCUT2D eigenvalue weighted by Gasteiger charge is -2.12. The molecule has 4 rings (SSSR count). The van der Waals surface area contributed by atoms with Gasteiger partial charge in [0.1, 0.15) is 5.75 Å². The van der Waals surface area contributed by atoms with Gasteiger partial charge in [0.25, 0.3) is 10.1 Å². The molecule has 130 valence electrons. The summed E-state index contributed by atoms with van der Waals surface area (Å²) in [5.41, 5.74) is 1.68. The average Bonchev–Trinajstić information content (AvgIpc) is 2.61. The van der Waals surface area contributed by atoms with E-state index in [9.17, 15) is 18.1 Å². The van der Waals surface area contributed by atoms with Crippen LogP contribution in [0.1, 0.15) is 0 Å². The molecule has 0 aliphatic heterocycles. The summed E-state index contributed by atoms with van der Waals surface area (Å²) in [6.07, 6.45) is 0. The Morgan fingerprint density at radius 1 is 0.769 bits per heavy atom. The van der Waals surface area contributed by atoms with Gasteiger partial charge in [-0.05, 0) is 35.0 Å². The highest BCUT2D eigenvalue weighted by Gasteiger charge is 2.13. The largest absolute Gasteiger partial charge is 0.507 e. The lowest BCUT2D eigenvalue weighted by molar-refractivity contribution is 0.471. The summed E-state index contributed by atoms with van der Waals surface area (Å²) in [6, 6.07) is 21.5. The Bertz CT molecular complexity index is 1240. The minimum Gasteiger partial charge on any atom is -0.507 e. The van der Waals surface area contributed by atoms with E-state index in [1.54, 1.807) is 18.2 Å². The van der Waals surface area contributed by atoms with Crippen molar-refractivity contribution in [3.05, 3.63) is 72.8 Å². The molecule has 4 aromatic carbocycles. The Balaban J connectivity index is 1.79. The molecule has 5 nitrogen and oxygen atoms in total. The van der Waals surface area contributed by atoms with Crippen molar-refractivity contribution < 1.29 is 18.1 Å². The third kappa shape index (κ3) is 2.96. The molecule has 0 saturated carbocycles. The number of aromatic hydroxyl groups is 1. The van der Waals surface area contributed by atoms with Crippen molar-refractivity contribution in [2.75, 3.05) is 5.32 Å². The van der Waals surface area contributed by atoms with Crippen LogP contribution in [-0.2, 0) is 10.1 Å². The number of hydrogen-bond acceptors (Lipinski definition) is 4. The van der Waals surface area contributed by atoms with Crippen molar-refractivity contribution in [2.24, 2.45) is 0 Å². The Morgan fingerprint density at radius 3 is 2.35 bits per heavy atom. The van der Waals surface area contributed by atoms with E-state index in [0.29, 0.717) is 10.8 Å². The highest BCUT2D eigenvalue weighted by molar-refractivity contribution is 7.85. The lowest BCUT2D eigenvalue weighted by Crippen LogP contribution is -1.98. The van der Waals surface area contributed by atoms with E-state index in [1.807, 2.05) is 42.5 Å². The molecule has 0 aromatic heterocycles. The van der Waals surface area contributed by atoms with Crippen LogP contribution >= 0.6 is 0 Å². The van der Waals surface area contributed by atoms with Gasteiger partial charge in [-0.25, -0.2) is 0 Å². The van der Waals surface area contributed by atoms with E-state index in [1.165, 1.54) is 6.07 Å². The molecular formula is C20H15NO4S. The molecule has 4 aromatic rings. The number of phenolic OH excluding ortho intramolecular Hbond substituents is 1. The summed E-state index contributed by atoms with van der Waals surface area (Å²) >= 11 is 0. The Morgan fingerprint density at radius 2 is 1.54 bits per heavy atom. The van der Waals surface area contributed by atoms with Gasteiger partial charge in [0.2, 0.25) is 0 Å². The maximum Gasteiger partial charge on any atom is 0.294 e. The smallest absolute Gasteiger partial charge is 0.294 e. The zero-order chi connectivity index (χ0) is 18.3. The second-order valence-electron chi connectivity index (χ2n) is 6.01. The third-order valence-electron chi connectivity index (χ3n) is 4.27. The van der Waals surface area contributed by atoms with Crippen LogP contribution in [0, 0.1) is 0 Å². The Hall–Kier alpha value is -3.09. The van der Waals surface area contributed by atoms with Gasteiger partial charge in [-0.2, -0.15) is 8.42 Å². The van der Waals surface area contributed by atoms with Crippen molar-refractivity contribution in [1.29, 1.82) is 0 Å². The highest BCUT2D eigenvalue weighted by Crippen LogP contribution is 2.33. The fourth-order valence-corrected chi connectivity index (χ4v) is 3.56. The number of anilines is 2. The van der Waals surface area contributed by atoms with Crippen molar-refractivity contribution >= 4 is 43.0 Å². The molecule has 0 unspecified atom stereocenters. The van der Waals surface area contributed by atoms with Gasteiger partial charge in [0.05, 0.1) is 4.90 Å². The summed E-state index contributed by atoms with van der Waals surface area (Å²) in [5.74, 6) is -0.211. The second-order valence-corrected chi connectivity index (χ2v) is 7.43. The topological polar surface area (TPSA) is 86.6 Å². The average molecular weight is 365 g/mol. The minimum absolute atomic E-state index is 0.211. The van der Waals surface area contributed by atoms with Gasteiger partial charge in [0, 0.05) is 28.2 Å². The first-order chi connectivity index (χ1) is 12.4. The lowest BCUT2D eigenvalue weighted by atomic mass is 10.1. The number of benzene rings is 4.